The first-order valence-electron chi connectivity index (χ1n) is 6.40. The summed E-state index contributed by atoms with van der Waals surface area (Å²) in [6.45, 7) is 2.76. The summed E-state index contributed by atoms with van der Waals surface area (Å²) in [4.78, 5) is 4.40. The number of benzene rings is 1. The van der Waals surface area contributed by atoms with Crippen LogP contribution in [0.1, 0.15) is 25.0 Å². The Hall–Kier alpha value is -1.45. The van der Waals surface area contributed by atoms with Gasteiger partial charge in [-0.2, -0.15) is 0 Å². The van der Waals surface area contributed by atoms with Crippen molar-refractivity contribution < 1.29 is 9.84 Å². The molecule has 1 aliphatic rings. The highest BCUT2D eigenvalue weighted by Gasteiger charge is 2.31. The molecule has 3 rings (SSSR count). The Balaban J connectivity index is 1.93. The van der Waals surface area contributed by atoms with Crippen molar-refractivity contribution in [2.45, 2.75) is 25.6 Å². The van der Waals surface area contributed by atoms with E-state index in [0.717, 1.165) is 29.5 Å². The standard InChI is InChI=1S/C15H17NO2/c1-10-13(6-7-18-10)15(17)12-8-11-4-2-3-5-14(11)16-9-12/h2-5,8-10,13,15,17H,6-7H2,1H3. The first kappa shape index (κ1) is 11.6. The van der Waals surface area contributed by atoms with Crippen molar-refractivity contribution in [2.75, 3.05) is 6.61 Å². The van der Waals surface area contributed by atoms with Crippen LogP contribution in [0.5, 0.6) is 0 Å². The molecule has 3 atom stereocenters. The highest BCUT2D eigenvalue weighted by molar-refractivity contribution is 5.78. The van der Waals surface area contributed by atoms with E-state index in [1.807, 2.05) is 37.3 Å². The van der Waals surface area contributed by atoms with E-state index >= 15 is 0 Å². The zero-order chi connectivity index (χ0) is 12.5. The largest absolute Gasteiger partial charge is 0.388 e. The second-order valence-corrected chi connectivity index (χ2v) is 4.93. The molecule has 1 aromatic heterocycles. The van der Waals surface area contributed by atoms with Crippen LogP contribution >= 0.6 is 0 Å². The van der Waals surface area contributed by atoms with Crippen LogP contribution in [0.15, 0.2) is 36.5 Å². The number of hydrogen-bond donors (Lipinski definition) is 1. The van der Waals surface area contributed by atoms with Crippen LogP contribution in [0, 0.1) is 5.92 Å². The molecule has 1 fully saturated rings. The zero-order valence-electron chi connectivity index (χ0n) is 10.4. The van der Waals surface area contributed by atoms with Gasteiger partial charge in [-0.05, 0) is 31.0 Å². The van der Waals surface area contributed by atoms with Gasteiger partial charge in [0.2, 0.25) is 0 Å². The van der Waals surface area contributed by atoms with E-state index in [2.05, 4.69) is 4.98 Å². The van der Waals surface area contributed by atoms with Gasteiger partial charge in [0.05, 0.1) is 17.7 Å². The van der Waals surface area contributed by atoms with E-state index in [1.165, 1.54) is 0 Å². The summed E-state index contributed by atoms with van der Waals surface area (Å²) >= 11 is 0. The molecule has 1 N–H and O–H groups in total. The lowest BCUT2D eigenvalue weighted by Crippen LogP contribution is -2.19. The first-order valence-corrected chi connectivity index (χ1v) is 6.40. The Morgan fingerprint density at radius 1 is 1.39 bits per heavy atom. The van der Waals surface area contributed by atoms with Crippen molar-refractivity contribution in [2.24, 2.45) is 5.92 Å². The molecule has 3 heteroatoms. The fourth-order valence-electron chi connectivity index (χ4n) is 2.66. The predicted molar refractivity (Wildman–Crippen MR) is 70.2 cm³/mol. The molecular formula is C15H17NO2. The Labute approximate surface area is 106 Å². The second-order valence-electron chi connectivity index (χ2n) is 4.93. The quantitative estimate of drug-likeness (QED) is 0.881. The van der Waals surface area contributed by atoms with E-state index in [4.69, 9.17) is 4.74 Å². The Kier molecular flexibility index (Phi) is 3.02. The molecule has 3 nitrogen and oxygen atoms in total. The third-order valence-electron chi connectivity index (χ3n) is 3.79. The first-order chi connectivity index (χ1) is 8.75. The summed E-state index contributed by atoms with van der Waals surface area (Å²) in [5.74, 6) is 0.174. The normalized spacial score (nSPS) is 25.4. The molecule has 1 aliphatic heterocycles. The summed E-state index contributed by atoms with van der Waals surface area (Å²) in [5.41, 5.74) is 1.85. The van der Waals surface area contributed by atoms with Crippen LogP contribution in [0.2, 0.25) is 0 Å². The Morgan fingerprint density at radius 3 is 3.00 bits per heavy atom. The van der Waals surface area contributed by atoms with Gasteiger partial charge in [-0.3, -0.25) is 4.98 Å². The minimum atomic E-state index is -0.486. The molecule has 0 radical (unpaired) electrons. The van der Waals surface area contributed by atoms with Gasteiger partial charge in [0.25, 0.3) is 0 Å². The van der Waals surface area contributed by atoms with Crippen LogP contribution in [0.4, 0.5) is 0 Å². The van der Waals surface area contributed by atoms with Gasteiger partial charge in [-0.15, -0.1) is 0 Å². The fourth-order valence-corrected chi connectivity index (χ4v) is 2.66. The molecule has 1 aromatic carbocycles. The monoisotopic (exact) mass is 243 g/mol. The van der Waals surface area contributed by atoms with Crippen LogP contribution < -0.4 is 0 Å². The number of aliphatic hydroxyl groups excluding tert-OH is 1. The molecule has 2 heterocycles. The van der Waals surface area contributed by atoms with Crippen molar-refractivity contribution in [1.29, 1.82) is 0 Å². The van der Waals surface area contributed by atoms with Gasteiger partial charge >= 0.3 is 0 Å². The van der Waals surface area contributed by atoms with Crippen LogP contribution in [0.3, 0.4) is 0 Å². The van der Waals surface area contributed by atoms with Gasteiger partial charge in [-0.1, -0.05) is 18.2 Å². The van der Waals surface area contributed by atoms with E-state index in [-0.39, 0.29) is 12.0 Å². The summed E-state index contributed by atoms with van der Waals surface area (Å²) in [7, 11) is 0. The lowest BCUT2D eigenvalue weighted by atomic mass is 9.91. The molecule has 0 spiro atoms. The highest BCUT2D eigenvalue weighted by Crippen LogP contribution is 2.33. The third-order valence-corrected chi connectivity index (χ3v) is 3.79. The lowest BCUT2D eigenvalue weighted by Gasteiger charge is -2.21. The zero-order valence-corrected chi connectivity index (χ0v) is 10.4. The van der Waals surface area contributed by atoms with E-state index < -0.39 is 6.10 Å². The van der Waals surface area contributed by atoms with Crippen LogP contribution in [0.25, 0.3) is 10.9 Å². The SMILES string of the molecule is CC1OCCC1C(O)c1cnc2ccccc2c1. The summed E-state index contributed by atoms with van der Waals surface area (Å²) < 4.78 is 5.52. The Bertz CT molecular complexity index is 555. The fraction of sp³-hybridized carbons (Fsp3) is 0.400. The number of ether oxygens (including phenoxy) is 1. The van der Waals surface area contributed by atoms with E-state index in [1.54, 1.807) is 6.20 Å². The average Bonchev–Trinajstić information content (AvgIpc) is 2.83. The minimum absolute atomic E-state index is 0.117. The summed E-state index contributed by atoms with van der Waals surface area (Å²) in [5, 5.41) is 11.5. The van der Waals surface area contributed by atoms with Crippen molar-refractivity contribution >= 4 is 10.9 Å². The highest BCUT2D eigenvalue weighted by atomic mass is 16.5. The molecule has 0 saturated carbocycles. The van der Waals surface area contributed by atoms with Crippen molar-refractivity contribution in [3.63, 3.8) is 0 Å². The number of para-hydroxylation sites is 1. The Morgan fingerprint density at radius 2 is 2.22 bits per heavy atom. The van der Waals surface area contributed by atoms with Gasteiger partial charge in [0.15, 0.2) is 0 Å². The van der Waals surface area contributed by atoms with Gasteiger partial charge in [0.1, 0.15) is 0 Å². The number of aromatic nitrogens is 1. The molecule has 0 bridgehead atoms. The summed E-state index contributed by atoms with van der Waals surface area (Å²) in [6.07, 6.45) is 2.32. The maximum atomic E-state index is 10.4. The minimum Gasteiger partial charge on any atom is -0.388 e. The van der Waals surface area contributed by atoms with Gasteiger partial charge in [-0.25, -0.2) is 0 Å². The molecule has 18 heavy (non-hydrogen) atoms. The number of nitrogens with zero attached hydrogens (tertiary/aromatic N) is 1. The van der Waals surface area contributed by atoms with Crippen molar-refractivity contribution in [1.82, 2.24) is 4.98 Å². The van der Waals surface area contributed by atoms with Crippen molar-refractivity contribution in [3.05, 3.63) is 42.1 Å². The molecule has 0 amide bonds. The average molecular weight is 243 g/mol. The van der Waals surface area contributed by atoms with Gasteiger partial charge in [0, 0.05) is 24.1 Å². The molecule has 3 unspecified atom stereocenters. The number of pyridine rings is 1. The molecule has 94 valence electrons. The number of rotatable bonds is 2. The van der Waals surface area contributed by atoms with E-state index in [0.29, 0.717) is 0 Å². The van der Waals surface area contributed by atoms with Gasteiger partial charge < -0.3 is 9.84 Å². The predicted octanol–water partition coefficient (Wildman–Crippen LogP) is 2.69. The molecular weight excluding hydrogens is 226 g/mol. The smallest absolute Gasteiger partial charge is 0.0858 e. The number of fused-ring (bicyclic) bond motifs is 1. The topological polar surface area (TPSA) is 42.4 Å². The number of aliphatic hydroxyl groups is 1. The lowest BCUT2D eigenvalue weighted by molar-refractivity contribution is 0.0431. The molecule has 2 aromatic rings. The van der Waals surface area contributed by atoms with E-state index in [9.17, 15) is 5.11 Å². The maximum Gasteiger partial charge on any atom is 0.0858 e. The van der Waals surface area contributed by atoms with Crippen LogP contribution in [-0.4, -0.2) is 22.8 Å². The van der Waals surface area contributed by atoms with Crippen LogP contribution in [-0.2, 0) is 4.74 Å². The molecule has 1 saturated heterocycles. The number of hydrogen-bond acceptors (Lipinski definition) is 3. The third kappa shape index (κ3) is 2.00. The summed E-state index contributed by atoms with van der Waals surface area (Å²) in [6, 6.07) is 9.98. The second kappa shape index (κ2) is 4.67. The van der Waals surface area contributed by atoms with Crippen molar-refractivity contribution in [3.8, 4) is 0 Å². The molecule has 0 aliphatic carbocycles. The maximum absolute atomic E-state index is 10.4.